The van der Waals surface area contributed by atoms with Gasteiger partial charge in [-0.05, 0) is 18.2 Å². The Balaban J connectivity index is 2.20. The number of thioether (sulfide) groups is 1. The van der Waals surface area contributed by atoms with E-state index in [1.165, 1.54) is 0 Å². The fraction of sp³-hybridized carbons (Fsp3) is 0.556. The molecule has 0 bridgehead atoms. The van der Waals surface area contributed by atoms with Gasteiger partial charge in [-0.25, -0.2) is 8.42 Å². The summed E-state index contributed by atoms with van der Waals surface area (Å²) < 4.78 is 104. The van der Waals surface area contributed by atoms with Crippen molar-refractivity contribution in [1.29, 1.82) is 0 Å². The van der Waals surface area contributed by atoms with Gasteiger partial charge in [-0.3, -0.25) is 4.79 Å². The number of carbonyl (C=O) groups excluding carboxylic acids is 1. The molecule has 13 heteroatoms. The van der Waals surface area contributed by atoms with Gasteiger partial charge in [0.1, 0.15) is 0 Å². The van der Waals surface area contributed by atoms with Gasteiger partial charge in [0.25, 0.3) is 5.91 Å². The summed E-state index contributed by atoms with van der Waals surface area (Å²) in [7, 11) is -3.55. The maximum atomic E-state index is 13.3. The highest BCUT2D eigenvalue weighted by atomic mass is 32.2. The van der Waals surface area contributed by atoms with Crippen molar-refractivity contribution in [3.63, 3.8) is 0 Å². The van der Waals surface area contributed by atoms with Crippen molar-refractivity contribution >= 4 is 38.4 Å². The lowest BCUT2D eigenvalue weighted by Gasteiger charge is -2.27. The molecule has 0 aliphatic carbocycles. The van der Waals surface area contributed by atoms with Crippen molar-refractivity contribution in [1.82, 2.24) is 0 Å². The number of alkyl halides is 6. The lowest BCUT2D eigenvalue weighted by atomic mass is 9.96. The van der Waals surface area contributed by atoms with Gasteiger partial charge in [0.15, 0.2) is 15.0 Å². The first-order valence-electron chi connectivity index (χ1n) is 8.97. The number of anilines is 1. The van der Waals surface area contributed by atoms with Crippen molar-refractivity contribution in [2.24, 2.45) is 10.4 Å². The summed E-state index contributed by atoms with van der Waals surface area (Å²) >= 11 is 0.871. The molecule has 0 unspecified atom stereocenters. The van der Waals surface area contributed by atoms with Crippen molar-refractivity contribution in [2.75, 3.05) is 16.4 Å². The molecule has 1 amide bonds. The first-order valence-corrected chi connectivity index (χ1v) is 11.7. The Kier molecular flexibility index (Phi) is 5.70. The highest BCUT2D eigenvalue weighted by Gasteiger charge is 2.50. The normalized spacial score (nSPS) is 25.2. The van der Waals surface area contributed by atoms with E-state index in [2.05, 4.69) is 4.99 Å². The van der Waals surface area contributed by atoms with Crippen LogP contribution in [-0.4, -0.2) is 42.3 Å². The van der Waals surface area contributed by atoms with Crippen molar-refractivity contribution in [2.45, 2.75) is 44.4 Å². The molecular weight excluding hydrogens is 470 g/mol. The first-order chi connectivity index (χ1) is 13.9. The van der Waals surface area contributed by atoms with Crippen LogP contribution in [-0.2, 0) is 27.0 Å². The minimum atomic E-state index is -5.07. The quantitative estimate of drug-likeness (QED) is 0.550. The van der Waals surface area contributed by atoms with Crippen molar-refractivity contribution in [3.8, 4) is 0 Å². The standard InChI is InChI=1S/C18H18F6N2O3S2/c1-16(2,3)14(27)25-15-26(12-7-31(28,29)8-13(12)30-15)11-5-9(17(19,20)21)4-10(6-11)18(22,23)24/h4-6,12-13H,7-8H2,1-3H3/t12-,13+/m0/s1. The Morgan fingerprint density at radius 3 is 1.97 bits per heavy atom. The average molecular weight is 488 g/mol. The third kappa shape index (κ3) is 5.02. The number of rotatable bonds is 1. The molecule has 5 nitrogen and oxygen atoms in total. The number of amides is 1. The van der Waals surface area contributed by atoms with E-state index in [0.29, 0.717) is 12.1 Å². The zero-order valence-corrected chi connectivity index (χ0v) is 18.1. The Hall–Kier alpha value is -1.76. The lowest BCUT2D eigenvalue weighted by molar-refractivity contribution is -0.143. The van der Waals surface area contributed by atoms with Crippen LogP contribution in [0.3, 0.4) is 0 Å². The lowest BCUT2D eigenvalue weighted by Crippen LogP contribution is -2.38. The molecule has 1 aromatic carbocycles. The van der Waals surface area contributed by atoms with Crippen molar-refractivity contribution < 1.29 is 39.6 Å². The van der Waals surface area contributed by atoms with Crippen LogP contribution in [0.5, 0.6) is 0 Å². The van der Waals surface area contributed by atoms with E-state index in [1.807, 2.05) is 0 Å². The second-order valence-corrected chi connectivity index (χ2v) is 11.7. The summed E-state index contributed by atoms with van der Waals surface area (Å²) in [6.07, 6.45) is -10.1. The zero-order valence-electron chi connectivity index (χ0n) is 16.5. The molecule has 2 aliphatic rings. The van der Waals surface area contributed by atoms with Gasteiger partial charge < -0.3 is 4.90 Å². The smallest absolute Gasteiger partial charge is 0.316 e. The third-order valence-corrected chi connectivity index (χ3v) is 7.97. The zero-order chi connectivity index (χ0) is 23.6. The molecule has 0 saturated carbocycles. The van der Waals surface area contributed by atoms with Crippen LogP contribution in [0.25, 0.3) is 0 Å². The Morgan fingerprint density at radius 1 is 1.00 bits per heavy atom. The monoisotopic (exact) mass is 488 g/mol. The summed E-state index contributed by atoms with van der Waals surface area (Å²) in [5.41, 5.74) is -4.53. The summed E-state index contributed by atoms with van der Waals surface area (Å²) in [4.78, 5) is 17.3. The number of carbonyl (C=O) groups is 1. The second kappa shape index (κ2) is 7.39. The second-order valence-electron chi connectivity index (χ2n) is 8.38. The molecule has 2 aliphatic heterocycles. The average Bonchev–Trinajstić information content (AvgIpc) is 3.02. The SMILES string of the molecule is CC(C)(C)C(=O)N=C1S[C@@H]2CS(=O)(=O)C[C@@H]2N1c1cc(C(F)(F)F)cc(C(F)(F)F)c1. The van der Waals surface area contributed by atoms with Gasteiger partial charge in [-0.15, -0.1) is 0 Å². The van der Waals surface area contributed by atoms with E-state index < -0.39 is 67.4 Å². The van der Waals surface area contributed by atoms with E-state index in [1.54, 1.807) is 20.8 Å². The Bertz CT molecular complexity index is 1010. The highest BCUT2D eigenvalue weighted by Crippen LogP contribution is 2.44. The molecule has 0 spiro atoms. The number of hydrogen-bond acceptors (Lipinski definition) is 4. The fourth-order valence-electron chi connectivity index (χ4n) is 3.20. The molecule has 0 radical (unpaired) electrons. The van der Waals surface area contributed by atoms with E-state index in [9.17, 15) is 39.6 Å². The summed E-state index contributed by atoms with van der Waals surface area (Å²) in [5, 5.41) is -0.780. The minimum Gasteiger partial charge on any atom is -0.316 e. The third-order valence-electron chi connectivity index (χ3n) is 4.76. The van der Waals surface area contributed by atoms with Gasteiger partial charge in [0, 0.05) is 16.4 Å². The molecular formula is C18H18F6N2O3S2. The van der Waals surface area contributed by atoms with Crippen LogP contribution in [0, 0.1) is 5.41 Å². The molecule has 0 N–H and O–H groups in total. The predicted octanol–water partition coefficient (Wildman–Crippen LogP) is 4.37. The molecule has 3 rings (SSSR count). The van der Waals surface area contributed by atoms with Crippen LogP contribution in [0.1, 0.15) is 31.9 Å². The molecule has 2 fully saturated rings. The molecule has 172 valence electrons. The van der Waals surface area contributed by atoms with Gasteiger partial charge >= 0.3 is 12.4 Å². The predicted molar refractivity (Wildman–Crippen MR) is 105 cm³/mol. The molecule has 2 heterocycles. The number of nitrogens with zero attached hydrogens (tertiary/aromatic N) is 2. The van der Waals surface area contributed by atoms with E-state index in [0.717, 1.165) is 16.7 Å². The fourth-order valence-corrected chi connectivity index (χ4v) is 7.11. The number of amidine groups is 1. The number of fused-ring (bicyclic) bond motifs is 1. The Morgan fingerprint density at radius 2 is 1.52 bits per heavy atom. The van der Waals surface area contributed by atoms with Crippen LogP contribution < -0.4 is 4.90 Å². The van der Waals surface area contributed by atoms with Crippen LogP contribution >= 0.6 is 11.8 Å². The van der Waals surface area contributed by atoms with Gasteiger partial charge in [-0.2, -0.15) is 31.3 Å². The molecule has 31 heavy (non-hydrogen) atoms. The van der Waals surface area contributed by atoms with E-state index in [-0.39, 0.29) is 17.0 Å². The summed E-state index contributed by atoms with van der Waals surface area (Å²) in [5.74, 6) is -1.41. The van der Waals surface area contributed by atoms with Gasteiger partial charge in [0.05, 0.1) is 28.7 Å². The summed E-state index contributed by atoms with van der Waals surface area (Å²) in [6, 6.07) is 0.0821. The molecule has 2 saturated heterocycles. The topological polar surface area (TPSA) is 66.8 Å². The number of sulfone groups is 1. The van der Waals surface area contributed by atoms with Gasteiger partial charge in [-0.1, -0.05) is 32.5 Å². The van der Waals surface area contributed by atoms with Crippen molar-refractivity contribution in [3.05, 3.63) is 29.3 Å². The van der Waals surface area contributed by atoms with Crippen LogP contribution in [0.4, 0.5) is 32.0 Å². The maximum absolute atomic E-state index is 13.3. The molecule has 0 aromatic heterocycles. The number of halogens is 6. The summed E-state index contributed by atoms with van der Waals surface area (Å²) in [6.45, 7) is 4.67. The number of benzene rings is 1. The van der Waals surface area contributed by atoms with E-state index >= 15 is 0 Å². The first kappa shape index (κ1) is 23.9. The van der Waals surface area contributed by atoms with Crippen LogP contribution in [0.15, 0.2) is 23.2 Å². The Labute approximate surface area is 178 Å². The maximum Gasteiger partial charge on any atom is 0.416 e. The van der Waals surface area contributed by atoms with E-state index in [4.69, 9.17) is 0 Å². The molecule has 1 aromatic rings. The minimum absolute atomic E-state index is 0.00723. The highest BCUT2D eigenvalue weighted by molar-refractivity contribution is 8.16. The van der Waals surface area contributed by atoms with Gasteiger partial charge in [0.2, 0.25) is 0 Å². The largest absolute Gasteiger partial charge is 0.416 e. The van der Waals surface area contributed by atoms with Crippen LogP contribution in [0.2, 0.25) is 0 Å². The number of hydrogen-bond donors (Lipinski definition) is 0. The number of aliphatic imine (C=N–C) groups is 1. The molecule has 2 atom stereocenters.